The second-order valence-electron chi connectivity index (χ2n) is 4.48. The van der Waals surface area contributed by atoms with Crippen molar-refractivity contribution >= 4 is 11.8 Å². The van der Waals surface area contributed by atoms with Crippen molar-refractivity contribution in [1.82, 2.24) is 4.90 Å². The third-order valence-electron chi connectivity index (χ3n) is 3.11. The van der Waals surface area contributed by atoms with Crippen molar-refractivity contribution in [3.63, 3.8) is 0 Å². The summed E-state index contributed by atoms with van der Waals surface area (Å²) in [6.07, 6.45) is 2.45. The number of aliphatic hydroxyl groups is 1. The number of nitrogens with zero attached hydrogens (tertiary/aromatic N) is 1. The molecule has 16 heavy (non-hydrogen) atoms. The maximum Gasteiger partial charge on any atom is 0.0628 e. The minimum absolute atomic E-state index is 0.122. The molecule has 1 unspecified atom stereocenters. The normalized spacial score (nSPS) is 17.2. The molecular formula is C13H19NOS. The Bertz CT molecular complexity index is 365. The summed E-state index contributed by atoms with van der Waals surface area (Å²) < 4.78 is 0. The largest absolute Gasteiger partial charge is 0.394 e. The van der Waals surface area contributed by atoms with E-state index in [1.54, 1.807) is 0 Å². The molecule has 0 saturated heterocycles. The van der Waals surface area contributed by atoms with E-state index in [4.69, 9.17) is 0 Å². The van der Waals surface area contributed by atoms with Crippen LogP contribution in [0.1, 0.15) is 23.6 Å². The Hall–Kier alpha value is -0.510. The zero-order valence-corrected chi connectivity index (χ0v) is 10.8. The van der Waals surface area contributed by atoms with Gasteiger partial charge in [0.2, 0.25) is 0 Å². The first kappa shape index (κ1) is 12.0. The molecule has 1 atom stereocenters. The van der Waals surface area contributed by atoms with Crippen molar-refractivity contribution in [3.8, 4) is 0 Å². The van der Waals surface area contributed by atoms with Crippen LogP contribution in [0.15, 0.2) is 23.1 Å². The summed E-state index contributed by atoms with van der Waals surface area (Å²) in [4.78, 5) is 3.49. The fraction of sp³-hybridized carbons (Fsp3) is 0.538. The quantitative estimate of drug-likeness (QED) is 0.872. The predicted octanol–water partition coefficient (Wildman–Crippen LogP) is 2.32. The number of hydrogen-bond acceptors (Lipinski definition) is 3. The molecule has 0 spiro atoms. The van der Waals surface area contributed by atoms with Crippen molar-refractivity contribution in [1.29, 1.82) is 0 Å². The minimum Gasteiger partial charge on any atom is -0.394 e. The molecule has 1 aliphatic heterocycles. The molecule has 0 amide bonds. The van der Waals surface area contributed by atoms with Gasteiger partial charge in [0.15, 0.2) is 0 Å². The van der Waals surface area contributed by atoms with Gasteiger partial charge >= 0.3 is 0 Å². The summed E-state index contributed by atoms with van der Waals surface area (Å²) >= 11 is 1.95. The molecule has 2 rings (SSSR count). The standard InChI is InChI=1S/C13H19NOS/c1-14(2)12(9-15)10-5-6-13-11(8-10)4-3-7-16-13/h5-6,8,12,15H,3-4,7,9H2,1-2H3. The van der Waals surface area contributed by atoms with Crippen LogP contribution >= 0.6 is 11.8 Å². The first-order valence-corrected chi connectivity index (χ1v) is 6.74. The maximum absolute atomic E-state index is 9.41. The van der Waals surface area contributed by atoms with E-state index < -0.39 is 0 Å². The summed E-state index contributed by atoms with van der Waals surface area (Å²) in [6.45, 7) is 0.179. The fourth-order valence-electron chi connectivity index (χ4n) is 2.15. The zero-order valence-electron chi connectivity index (χ0n) is 9.94. The Balaban J connectivity index is 2.28. The van der Waals surface area contributed by atoms with Crippen molar-refractivity contribution in [2.75, 3.05) is 26.5 Å². The third-order valence-corrected chi connectivity index (χ3v) is 4.32. The van der Waals surface area contributed by atoms with E-state index in [1.807, 2.05) is 25.9 Å². The molecule has 1 aromatic carbocycles. The lowest BCUT2D eigenvalue weighted by atomic mass is 10.0. The van der Waals surface area contributed by atoms with Crippen molar-refractivity contribution < 1.29 is 5.11 Å². The fourth-order valence-corrected chi connectivity index (χ4v) is 3.17. The van der Waals surface area contributed by atoms with Gasteiger partial charge in [-0.05, 0) is 49.9 Å². The lowest BCUT2D eigenvalue weighted by molar-refractivity contribution is 0.170. The average molecular weight is 237 g/mol. The molecule has 88 valence electrons. The SMILES string of the molecule is CN(C)C(CO)c1ccc2c(c1)CCCS2. The van der Waals surface area contributed by atoms with Crippen molar-refractivity contribution in [2.45, 2.75) is 23.8 Å². The van der Waals surface area contributed by atoms with Crippen LogP contribution in [0.2, 0.25) is 0 Å². The number of aryl methyl sites for hydroxylation is 1. The molecule has 3 heteroatoms. The van der Waals surface area contributed by atoms with Crippen LogP contribution in [0.5, 0.6) is 0 Å². The molecule has 1 aromatic rings. The summed E-state index contributed by atoms with van der Waals surface area (Å²) in [6, 6.07) is 6.75. The number of likely N-dealkylation sites (N-methyl/N-ethyl adjacent to an activating group) is 1. The molecule has 0 fully saturated rings. The zero-order chi connectivity index (χ0) is 11.5. The third kappa shape index (κ3) is 2.42. The molecular weight excluding hydrogens is 218 g/mol. The lowest BCUT2D eigenvalue weighted by Gasteiger charge is -2.24. The first-order valence-electron chi connectivity index (χ1n) is 5.75. The molecule has 0 aliphatic carbocycles. The highest BCUT2D eigenvalue weighted by atomic mass is 32.2. The lowest BCUT2D eigenvalue weighted by Crippen LogP contribution is -2.23. The highest BCUT2D eigenvalue weighted by Gasteiger charge is 2.16. The summed E-state index contributed by atoms with van der Waals surface area (Å²) in [7, 11) is 4.02. The molecule has 0 aromatic heterocycles. The Kier molecular flexibility index (Phi) is 3.90. The molecule has 0 bridgehead atoms. The van der Waals surface area contributed by atoms with Crippen LogP contribution in [-0.2, 0) is 6.42 Å². The molecule has 0 radical (unpaired) electrons. The Morgan fingerprint density at radius 2 is 2.25 bits per heavy atom. The van der Waals surface area contributed by atoms with Crippen LogP contribution in [-0.4, -0.2) is 36.5 Å². The molecule has 2 nitrogen and oxygen atoms in total. The van der Waals surface area contributed by atoms with Gasteiger partial charge in [-0.15, -0.1) is 11.8 Å². The van der Waals surface area contributed by atoms with Gasteiger partial charge in [-0.2, -0.15) is 0 Å². The van der Waals surface area contributed by atoms with E-state index in [2.05, 4.69) is 23.1 Å². The average Bonchev–Trinajstić information content (AvgIpc) is 2.29. The Morgan fingerprint density at radius 1 is 1.44 bits per heavy atom. The summed E-state index contributed by atoms with van der Waals surface area (Å²) in [5, 5.41) is 9.41. The van der Waals surface area contributed by atoms with Gasteiger partial charge in [0.1, 0.15) is 0 Å². The van der Waals surface area contributed by atoms with E-state index in [1.165, 1.54) is 34.6 Å². The second-order valence-corrected chi connectivity index (χ2v) is 5.62. The number of aliphatic hydroxyl groups excluding tert-OH is 1. The van der Waals surface area contributed by atoms with Gasteiger partial charge in [-0.1, -0.05) is 12.1 Å². The molecule has 1 heterocycles. The number of rotatable bonds is 3. The molecule has 1 aliphatic rings. The number of thioether (sulfide) groups is 1. The highest BCUT2D eigenvalue weighted by molar-refractivity contribution is 7.99. The highest BCUT2D eigenvalue weighted by Crippen LogP contribution is 2.32. The van der Waals surface area contributed by atoms with Gasteiger partial charge in [-0.25, -0.2) is 0 Å². The second kappa shape index (κ2) is 5.21. The summed E-state index contributed by atoms with van der Waals surface area (Å²) in [5.41, 5.74) is 2.68. The van der Waals surface area contributed by atoms with E-state index >= 15 is 0 Å². The van der Waals surface area contributed by atoms with Crippen molar-refractivity contribution in [3.05, 3.63) is 29.3 Å². The van der Waals surface area contributed by atoms with Crippen LogP contribution < -0.4 is 0 Å². The van der Waals surface area contributed by atoms with E-state index in [0.717, 1.165) is 0 Å². The smallest absolute Gasteiger partial charge is 0.0628 e. The topological polar surface area (TPSA) is 23.5 Å². The van der Waals surface area contributed by atoms with E-state index in [-0.39, 0.29) is 12.6 Å². The molecule has 1 N–H and O–H groups in total. The van der Waals surface area contributed by atoms with Crippen molar-refractivity contribution in [2.24, 2.45) is 0 Å². The Labute approximate surface area is 102 Å². The monoisotopic (exact) mass is 237 g/mol. The van der Waals surface area contributed by atoms with E-state index in [0.29, 0.717) is 0 Å². The van der Waals surface area contributed by atoms with Gasteiger partial charge < -0.3 is 10.0 Å². The number of fused-ring (bicyclic) bond motifs is 1. The first-order chi connectivity index (χ1) is 7.72. The van der Waals surface area contributed by atoms with Crippen LogP contribution in [0.4, 0.5) is 0 Å². The van der Waals surface area contributed by atoms with Crippen LogP contribution in [0.25, 0.3) is 0 Å². The van der Waals surface area contributed by atoms with Gasteiger partial charge in [0, 0.05) is 4.90 Å². The van der Waals surface area contributed by atoms with E-state index in [9.17, 15) is 5.11 Å². The predicted molar refractivity (Wildman–Crippen MR) is 69.0 cm³/mol. The Morgan fingerprint density at radius 3 is 2.94 bits per heavy atom. The molecule has 0 saturated carbocycles. The maximum atomic E-state index is 9.41. The van der Waals surface area contributed by atoms with Crippen LogP contribution in [0.3, 0.4) is 0 Å². The van der Waals surface area contributed by atoms with Gasteiger partial charge in [-0.3, -0.25) is 0 Å². The van der Waals surface area contributed by atoms with Gasteiger partial charge in [0.05, 0.1) is 12.6 Å². The minimum atomic E-state index is 0.122. The van der Waals surface area contributed by atoms with Gasteiger partial charge in [0.25, 0.3) is 0 Å². The number of hydrogen-bond donors (Lipinski definition) is 1. The summed E-state index contributed by atoms with van der Waals surface area (Å²) in [5.74, 6) is 1.24. The number of benzene rings is 1. The van der Waals surface area contributed by atoms with Crippen LogP contribution in [0, 0.1) is 0 Å².